The van der Waals surface area contributed by atoms with Crippen molar-refractivity contribution >= 4 is 27.5 Å². The predicted molar refractivity (Wildman–Crippen MR) is 150 cm³/mol. The van der Waals surface area contributed by atoms with E-state index in [1.165, 1.54) is 6.42 Å². The van der Waals surface area contributed by atoms with E-state index in [0.717, 1.165) is 77.6 Å². The number of anilines is 1. The first-order valence-electron chi connectivity index (χ1n) is 13.4. The van der Waals surface area contributed by atoms with E-state index in [2.05, 4.69) is 53.4 Å². The highest BCUT2D eigenvalue weighted by molar-refractivity contribution is 6.00. The molecule has 0 saturated carbocycles. The molecule has 7 heteroatoms. The monoisotopic (exact) mass is 497 g/mol. The Morgan fingerprint density at radius 1 is 1.03 bits per heavy atom. The molecule has 2 saturated heterocycles. The lowest BCUT2D eigenvalue weighted by Gasteiger charge is -2.37. The number of piperazine rings is 1. The molecule has 2 fully saturated rings. The molecule has 192 valence electrons. The third kappa shape index (κ3) is 4.69. The van der Waals surface area contributed by atoms with Crippen molar-refractivity contribution in [3.63, 3.8) is 0 Å². The Kier molecular flexibility index (Phi) is 6.57. The minimum atomic E-state index is 0.258. The van der Waals surface area contributed by atoms with Gasteiger partial charge in [0.15, 0.2) is 0 Å². The summed E-state index contributed by atoms with van der Waals surface area (Å²) < 4.78 is 6.26. The van der Waals surface area contributed by atoms with Crippen LogP contribution in [0.15, 0.2) is 54.6 Å². The zero-order valence-electron chi connectivity index (χ0n) is 21.7. The van der Waals surface area contributed by atoms with Crippen LogP contribution in [0.2, 0.25) is 0 Å². The van der Waals surface area contributed by atoms with Gasteiger partial charge in [0, 0.05) is 37.1 Å². The second-order valence-corrected chi connectivity index (χ2v) is 10.3. The van der Waals surface area contributed by atoms with Crippen LogP contribution in [-0.4, -0.2) is 71.9 Å². The van der Waals surface area contributed by atoms with E-state index in [1.807, 2.05) is 24.3 Å². The van der Waals surface area contributed by atoms with E-state index in [0.29, 0.717) is 24.7 Å². The van der Waals surface area contributed by atoms with E-state index in [1.54, 1.807) is 6.07 Å². The smallest absolute Gasteiger partial charge is 0.319 e. The number of ether oxygens (including phenoxy) is 1. The van der Waals surface area contributed by atoms with Crippen LogP contribution in [0.4, 0.5) is 5.82 Å². The minimum absolute atomic E-state index is 0.258. The van der Waals surface area contributed by atoms with Gasteiger partial charge in [-0.25, -0.2) is 0 Å². The lowest BCUT2D eigenvalue weighted by molar-refractivity contribution is 0.188. The average molecular weight is 498 g/mol. The first-order chi connectivity index (χ1) is 18.1. The molecule has 2 N–H and O–H groups in total. The summed E-state index contributed by atoms with van der Waals surface area (Å²) in [4.78, 5) is 14.7. The standard InChI is InChI=1S/C30H35N5O2/c1-3-22-18-31-12-14-35(22)29-26-11-10-21(27-17-24(36)15-20-7-4-5-9-25(20)27)16-28(26)32-30(33-29)37-19-23-8-6-13-34(23)2/h4-5,7,9-11,15-17,22-23,31,36H,3,6,8,12-14,18-19H2,1-2H3/t22-,23-/m0/s1. The average Bonchev–Trinajstić information content (AvgIpc) is 3.35. The fourth-order valence-electron chi connectivity index (χ4n) is 5.84. The van der Waals surface area contributed by atoms with Crippen LogP contribution in [0.25, 0.3) is 32.8 Å². The van der Waals surface area contributed by atoms with Gasteiger partial charge in [0.2, 0.25) is 0 Å². The van der Waals surface area contributed by atoms with E-state index in [9.17, 15) is 5.11 Å². The molecule has 1 aromatic heterocycles. The van der Waals surface area contributed by atoms with Crippen molar-refractivity contribution in [3.05, 3.63) is 54.6 Å². The molecule has 2 aliphatic heterocycles. The number of fused-ring (bicyclic) bond motifs is 2. The molecule has 2 atom stereocenters. The number of hydrogen-bond acceptors (Lipinski definition) is 7. The quantitative estimate of drug-likeness (QED) is 0.396. The van der Waals surface area contributed by atoms with Gasteiger partial charge in [-0.2, -0.15) is 9.97 Å². The van der Waals surface area contributed by atoms with Gasteiger partial charge >= 0.3 is 6.01 Å². The highest BCUT2D eigenvalue weighted by Crippen LogP contribution is 2.36. The largest absolute Gasteiger partial charge is 0.508 e. The number of hydrogen-bond donors (Lipinski definition) is 2. The van der Waals surface area contributed by atoms with Crippen LogP contribution in [0.1, 0.15) is 26.2 Å². The Balaban J connectivity index is 1.46. The number of nitrogens with zero attached hydrogens (tertiary/aromatic N) is 4. The molecule has 0 aliphatic carbocycles. The van der Waals surface area contributed by atoms with Gasteiger partial charge in [-0.3, -0.25) is 0 Å². The number of aromatic nitrogens is 2. The summed E-state index contributed by atoms with van der Waals surface area (Å²) in [7, 11) is 2.16. The number of likely N-dealkylation sites (N-methyl/N-ethyl adjacent to an activating group) is 1. The van der Waals surface area contributed by atoms with Gasteiger partial charge in [0.25, 0.3) is 0 Å². The molecule has 37 heavy (non-hydrogen) atoms. The maximum atomic E-state index is 10.4. The van der Waals surface area contributed by atoms with Crippen LogP contribution in [-0.2, 0) is 0 Å². The number of phenolic OH excluding ortho intramolecular Hbond substituents is 1. The molecular weight excluding hydrogens is 462 g/mol. The van der Waals surface area contributed by atoms with Crippen LogP contribution in [0.5, 0.6) is 11.8 Å². The molecule has 0 amide bonds. The number of aromatic hydroxyl groups is 1. The van der Waals surface area contributed by atoms with E-state index in [4.69, 9.17) is 14.7 Å². The van der Waals surface area contributed by atoms with Crippen molar-refractivity contribution in [1.29, 1.82) is 0 Å². The van der Waals surface area contributed by atoms with Crippen LogP contribution < -0.4 is 15.0 Å². The zero-order chi connectivity index (χ0) is 25.4. The molecule has 0 unspecified atom stereocenters. The van der Waals surface area contributed by atoms with Gasteiger partial charge in [0.05, 0.1) is 5.52 Å². The number of rotatable bonds is 6. The number of phenols is 1. The normalized spacial score (nSPS) is 20.6. The highest BCUT2D eigenvalue weighted by atomic mass is 16.5. The van der Waals surface area contributed by atoms with Gasteiger partial charge in [-0.05, 0) is 79.0 Å². The van der Waals surface area contributed by atoms with Gasteiger partial charge in [-0.1, -0.05) is 37.3 Å². The third-order valence-corrected chi connectivity index (χ3v) is 7.98. The summed E-state index contributed by atoms with van der Waals surface area (Å²) >= 11 is 0. The topological polar surface area (TPSA) is 73.8 Å². The van der Waals surface area contributed by atoms with E-state index < -0.39 is 0 Å². The summed E-state index contributed by atoms with van der Waals surface area (Å²) in [5.41, 5.74) is 2.86. The number of benzene rings is 3. The molecular formula is C30H35N5O2. The van der Waals surface area contributed by atoms with E-state index in [-0.39, 0.29) is 5.75 Å². The van der Waals surface area contributed by atoms with Gasteiger partial charge < -0.3 is 25.0 Å². The predicted octanol–water partition coefficient (Wildman–Crippen LogP) is 4.82. The summed E-state index contributed by atoms with van der Waals surface area (Å²) in [6, 6.07) is 19.4. The van der Waals surface area contributed by atoms with Crippen molar-refractivity contribution in [2.24, 2.45) is 0 Å². The van der Waals surface area contributed by atoms with Crippen LogP contribution >= 0.6 is 0 Å². The molecule has 3 heterocycles. The summed E-state index contributed by atoms with van der Waals surface area (Å²) in [5.74, 6) is 1.20. The molecule has 2 aliphatic rings. The van der Waals surface area contributed by atoms with Crippen molar-refractivity contribution < 1.29 is 9.84 Å². The first-order valence-corrected chi connectivity index (χ1v) is 13.4. The maximum absolute atomic E-state index is 10.4. The fourth-order valence-corrected chi connectivity index (χ4v) is 5.84. The zero-order valence-corrected chi connectivity index (χ0v) is 21.7. The molecule has 0 bridgehead atoms. The van der Waals surface area contributed by atoms with E-state index >= 15 is 0 Å². The Labute approximate surface area is 218 Å². The minimum Gasteiger partial charge on any atom is -0.508 e. The number of nitrogens with one attached hydrogen (secondary N) is 1. The molecule has 4 aromatic rings. The Hall–Kier alpha value is -3.42. The van der Waals surface area contributed by atoms with Crippen molar-refractivity contribution in [2.45, 2.75) is 38.3 Å². The summed E-state index contributed by atoms with van der Waals surface area (Å²) in [6.07, 6.45) is 3.38. The Morgan fingerprint density at radius 2 is 1.92 bits per heavy atom. The molecule has 6 rings (SSSR count). The van der Waals surface area contributed by atoms with Crippen LogP contribution in [0.3, 0.4) is 0 Å². The molecule has 3 aromatic carbocycles. The van der Waals surface area contributed by atoms with Crippen molar-refractivity contribution in [2.75, 3.05) is 44.7 Å². The third-order valence-electron chi connectivity index (χ3n) is 7.98. The molecule has 0 radical (unpaired) electrons. The number of likely N-dealkylation sites (tertiary alicyclic amines) is 1. The second kappa shape index (κ2) is 10.1. The van der Waals surface area contributed by atoms with Crippen molar-refractivity contribution in [1.82, 2.24) is 20.2 Å². The molecule has 7 nitrogen and oxygen atoms in total. The molecule has 0 spiro atoms. The van der Waals surface area contributed by atoms with Gasteiger partial charge in [0.1, 0.15) is 18.2 Å². The lowest BCUT2D eigenvalue weighted by Crippen LogP contribution is -2.51. The van der Waals surface area contributed by atoms with Gasteiger partial charge in [-0.15, -0.1) is 0 Å². The Morgan fingerprint density at radius 3 is 2.76 bits per heavy atom. The maximum Gasteiger partial charge on any atom is 0.319 e. The first kappa shape index (κ1) is 23.9. The fraction of sp³-hybridized carbons (Fsp3) is 0.400. The Bertz CT molecular complexity index is 1420. The second-order valence-electron chi connectivity index (χ2n) is 10.3. The summed E-state index contributed by atoms with van der Waals surface area (Å²) in [5, 5.41) is 17.1. The SMILES string of the molecule is CC[C@H]1CNCCN1c1nc(OC[C@@H]2CCCN2C)nc2cc(-c3cc(O)cc4ccccc34)ccc12. The summed E-state index contributed by atoms with van der Waals surface area (Å²) in [6.45, 7) is 6.70. The highest BCUT2D eigenvalue weighted by Gasteiger charge is 2.26. The van der Waals surface area contributed by atoms with Crippen LogP contribution in [0, 0.1) is 0 Å². The lowest BCUT2D eigenvalue weighted by atomic mass is 9.97. The van der Waals surface area contributed by atoms with Crippen molar-refractivity contribution in [3.8, 4) is 22.9 Å².